The molecule has 1 saturated heterocycles. The lowest BCUT2D eigenvalue weighted by Gasteiger charge is -2.36. The minimum Gasteiger partial charge on any atom is -0.381 e. The van der Waals surface area contributed by atoms with E-state index in [1.807, 2.05) is 0 Å². The zero-order valence-electron chi connectivity index (χ0n) is 9.62. The molecule has 0 amide bonds. The summed E-state index contributed by atoms with van der Waals surface area (Å²) in [4.78, 5) is 11.1. The Kier molecular flexibility index (Phi) is 2.96. The second kappa shape index (κ2) is 4.25. The molecule has 1 unspecified atom stereocenters. The molecule has 2 heterocycles. The van der Waals surface area contributed by atoms with Crippen molar-refractivity contribution in [1.29, 1.82) is 0 Å². The van der Waals surface area contributed by atoms with Gasteiger partial charge in [-0.05, 0) is 26.7 Å². The van der Waals surface area contributed by atoms with Gasteiger partial charge in [-0.1, -0.05) is 0 Å². The Labute approximate surface area is 94.2 Å². The third-order valence-corrected chi connectivity index (χ3v) is 2.73. The Hall–Kier alpha value is -1.36. The molecule has 0 bridgehead atoms. The van der Waals surface area contributed by atoms with Gasteiger partial charge < -0.3 is 10.1 Å². The maximum absolute atomic E-state index is 11.1. The topological polar surface area (TPSA) is 67.0 Å². The van der Waals surface area contributed by atoms with Crippen LogP contribution < -0.4 is 10.9 Å². The summed E-state index contributed by atoms with van der Waals surface area (Å²) in [5.41, 5.74) is 0.493. The number of nitrogens with zero attached hydrogens (tertiary/aromatic N) is 1. The molecule has 0 spiro atoms. The first kappa shape index (κ1) is 11.1. The summed E-state index contributed by atoms with van der Waals surface area (Å²) in [6.45, 7) is 4.91. The van der Waals surface area contributed by atoms with Crippen molar-refractivity contribution in [2.75, 3.05) is 11.9 Å². The monoisotopic (exact) mass is 223 g/mol. The fourth-order valence-electron chi connectivity index (χ4n) is 2.05. The quantitative estimate of drug-likeness (QED) is 0.789. The van der Waals surface area contributed by atoms with E-state index in [0.29, 0.717) is 6.04 Å². The molecular formula is C11H17N3O2. The van der Waals surface area contributed by atoms with E-state index in [4.69, 9.17) is 4.74 Å². The minimum absolute atomic E-state index is 0.0927. The first-order valence-electron chi connectivity index (χ1n) is 5.50. The van der Waals surface area contributed by atoms with Crippen molar-refractivity contribution in [3.63, 3.8) is 0 Å². The number of hydrogen-bond acceptors (Lipinski definition) is 4. The lowest BCUT2D eigenvalue weighted by Crippen LogP contribution is -2.40. The molecule has 88 valence electrons. The first-order chi connectivity index (χ1) is 7.55. The molecule has 2 rings (SSSR count). The summed E-state index contributed by atoms with van der Waals surface area (Å²) in [5.74, 6) is 0. The van der Waals surface area contributed by atoms with E-state index >= 15 is 0 Å². The van der Waals surface area contributed by atoms with Crippen LogP contribution in [-0.4, -0.2) is 28.4 Å². The molecule has 1 aromatic heterocycles. The van der Waals surface area contributed by atoms with E-state index < -0.39 is 0 Å². The van der Waals surface area contributed by atoms with Crippen molar-refractivity contribution in [3.05, 3.63) is 22.6 Å². The zero-order valence-corrected chi connectivity index (χ0v) is 9.62. The predicted molar refractivity (Wildman–Crippen MR) is 61.5 cm³/mol. The van der Waals surface area contributed by atoms with Gasteiger partial charge in [0.15, 0.2) is 0 Å². The molecule has 5 nitrogen and oxygen atoms in total. The van der Waals surface area contributed by atoms with E-state index in [-0.39, 0.29) is 11.2 Å². The lowest BCUT2D eigenvalue weighted by molar-refractivity contribution is -0.0553. The molecule has 1 atom stereocenters. The minimum atomic E-state index is -0.184. The highest BCUT2D eigenvalue weighted by Gasteiger charge is 2.28. The highest BCUT2D eigenvalue weighted by molar-refractivity contribution is 5.39. The summed E-state index contributed by atoms with van der Waals surface area (Å²) in [5, 5.41) is 9.42. The van der Waals surface area contributed by atoms with Gasteiger partial charge in [0.25, 0.3) is 5.56 Å². The second-order valence-electron chi connectivity index (χ2n) is 4.78. The van der Waals surface area contributed by atoms with Gasteiger partial charge in [-0.25, -0.2) is 5.10 Å². The number of anilines is 1. The van der Waals surface area contributed by atoms with Crippen molar-refractivity contribution >= 4 is 5.69 Å². The van der Waals surface area contributed by atoms with E-state index in [1.54, 1.807) is 6.20 Å². The van der Waals surface area contributed by atoms with Crippen LogP contribution in [0.2, 0.25) is 0 Å². The largest absolute Gasteiger partial charge is 0.381 e. The number of aromatic nitrogens is 2. The van der Waals surface area contributed by atoms with Crippen LogP contribution in [0.25, 0.3) is 0 Å². The van der Waals surface area contributed by atoms with E-state index in [2.05, 4.69) is 29.4 Å². The van der Waals surface area contributed by atoms with Crippen LogP contribution in [0, 0.1) is 0 Å². The molecule has 0 radical (unpaired) electrons. The number of aromatic amines is 1. The van der Waals surface area contributed by atoms with E-state index in [9.17, 15) is 4.79 Å². The SMILES string of the molecule is CC1(C)CC(Nc2cn[nH]c(=O)c2)CCO1. The van der Waals surface area contributed by atoms with Crippen molar-refractivity contribution in [3.8, 4) is 0 Å². The summed E-state index contributed by atoms with van der Waals surface area (Å²) >= 11 is 0. The molecular weight excluding hydrogens is 206 g/mol. The van der Waals surface area contributed by atoms with Crippen LogP contribution >= 0.6 is 0 Å². The highest BCUT2D eigenvalue weighted by atomic mass is 16.5. The standard InChI is InChI=1S/C11H17N3O2/c1-11(2)6-8(3-4-16-11)13-9-5-10(15)14-12-7-9/h5,7-8H,3-4,6H2,1-2H3,(H2,13,14,15). The summed E-state index contributed by atoms with van der Waals surface area (Å²) in [7, 11) is 0. The van der Waals surface area contributed by atoms with Gasteiger partial charge in [0.2, 0.25) is 0 Å². The zero-order chi connectivity index (χ0) is 11.6. The van der Waals surface area contributed by atoms with Crippen molar-refractivity contribution in [2.45, 2.75) is 38.3 Å². The number of ether oxygens (including phenoxy) is 1. The van der Waals surface area contributed by atoms with Gasteiger partial charge in [-0.15, -0.1) is 0 Å². The van der Waals surface area contributed by atoms with Gasteiger partial charge in [-0.3, -0.25) is 4.79 Å². The third kappa shape index (κ3) is 2.82. The molecule has 5 heteroatoms. The number of hydrogen-bond donors (Lipinski definition) is 2. The highest BCUT2D eigenvalue weighted by Crippen LogP contribution is 2.25. The Bertz CT molecular complexity index is 414. The molecule has 1 aliphatic rings. The normalized spacial score (nSPS) is 24.0. The van der Waals surface area contributed by atoms with Crippen LogP contribution in [0.3, 0.4) is 0 Å². The Morgan fingerprint density at radius 2 is 2.44 bits per heavy atom. The van der Waals surface area contributed by atoms with Crippen LogP contribution in [0.15, 0.2) is 17.1 Å². The molecule has 0 aromatic carbocycles. The van der Waals surface area contributed by atoms with Gasteiger partial charge in [0.1, 0.15) is 0 Å². The van der Waals surface area contributed by atoms with Crippen molar-refractivity contribution < 1.29 is 4.74 Å². The Balaban J connectivity index is 2.02. The smallest absolute Gasteiger partial charge is 0.266 e. The van der Waals surface area contributed by atoms with Crippen LogP contribution in [0.5, 0.6) is 0 Å². The number of rotatable bonds is 2. The maximum Gasteiger partial charge on any atom is 0.266 e. The van der Waals surface area contributed by atoms with Gasteiger partial charge in [0, 0.05) is 18.7 Å². The average Bonchev–Trinajstić information content (AvgIpc) is 2.15. The van der Waals surface area contributed by atoms with Crippen molar-refractivity contribution in [1.82, 2.24) is 10.2 Å². The Morgan fingerprint density at radius 1 is 1.62 bits per heavy atom. The summed E-state index contributed by atoms with van der Waals surface area (Å²) < 4.78 is 5.63. The van der Waals surface area contributed by atoms with Crippen molar-refractivity contribution in [2.24, 2.45) is 0 Å². The molecule has 1 fully saturated rings. The molecule has 1 aromatic rings. The lowest BCUT2D eigenvalue weighted by atomic mass is 9.94. The number of H-pyrrole nitrogens is 1. The average molecular weight is 223 g/mol. The van der Waals surface area contributed by atoms with Crippen LogP contribution in [0.1, 0.15) is 26.7 Å². The molecule has 1 aliphatic heterocycles. The fourth-order valence-corrected chi connectivity index (χ4v) is 2.05. The molecule has 0 saturated carbocycles. The van der Waals surface area contributed by atoms with Gasteiger partial charge in [-0.2, -0.15) is 5.10 Å². The molecule has 2 N–H and O–H groups in total. The molecule has 16 heavy (non-hydrogen) atoms. The van der Waals surface area contributed by atoms with E-state index in [0.717, 1.165) is 25.1 Å². The molecule has 0 aliphatic carbocycles. The summed E-state index contributed by atoms with van der Waals surface area (Å²) in [6, 6.07) is 1.86. The fraction of sp³-hybridized carbons (Fsp3) is 0.636. The summed E-state index contributed by atoms with van der Waals surface area (Å²) in [6.07, 6.45) is 3.51. The van der Waals surface area contributed by atoms with Gasteiger partial charge >= 0.3 is 0 Å². The van der Waals surface area contributed by atoms with Crippen LogP contribution in [0.4, 0.5) is 5.69 Å². The first-order valence-corrected chi connectivity index (χ1v) is 5.50. The predicted octanol–water partition coefficient (Wildman–Crippen LogP) is 1.14. The maximum atomic E-state index is 11.1. The van der Waals surface area contributed by atoms with Crippen LogP contribution in [-0.2, 0) is 4.74 Å². The number of nitrogens with one attached hydrogen (secondary N) is 2. The second-order valence-corrected chi connectivity index (χ2v) is 4.78. The third-order valence-electron chi connectivity index (χ3n) is 2.73. The van der Waals surface area contributed by atoms with Gasteiger partial charge in [0.05, 0.1) is 17.5 Å². The van der Waals surface area contributed by atoms with E-state index in [1.165, 1.54) is 6.07 Å². The Morgan fingerprint density at radius 3 is 3.12 bits per heavy atom.